The molecule has 1 atom stereocenters. The van der Waals surface area contributed by atoms with Crippen molar-refractivity contribution < 1.29 is 4.74 Å². The largest absolute Gasteiger partial charge is 0.376 e. The first-order valence-corrected chi connectivity index (χ1v) is 11.6. The normalized spacial score (nSPS) is 18.8. The highest BCUT2D eigenvalue weighted by Gasteiger charge is 2.44. The van der Waals surface area contributed by atoms with Gasteiger partial charge in [-0.05, 0) is 69.5 Å². The third kappa shape index (κ3) is 5.65. The first-order valence-electron chi connectivity index (χ1n) is 11.6. The van der Waals surface area contributed by atoms with Crippen molar-refractivity contribution in [2.24, 2.45) is 5.41 Å². The maximum absolute atomic E-state index is 9.05. The summed E-state index contributed by atoms with van der Waals surface area (Å²) in [6.07, 6.45) is 6.49. The Morgan fingerprint density at radius 3 is 2.58 bits per heavy atom. The van der Waals surface area contributed by atoms with E-state index >= 15 is 0 Å². The minimum atomic E-state index is -0.144. The highest BCUT2D eigenvalue weighted by molar-refractivity contribution is 5.26. The predicted octanol–water partition coefficient (Wildman–Crippen LogP) is 5.13. The lowest BCUT2D eigenvalue weighted by Gasteiger charge is -2.37. The van der Waals surface area contributed by atoms with Crippen LogP contribution in [0.2, 0.25) is 0 Å². The fourth-order valence-corrected chi connectivity index (χ4v) is 4.68. The maximum Gasteiger partial charge on any atom is 0.101 e. The Kier molecular flexibility index (Phi) is 7.17. The predicted molar refractivity (Wildman–Crippen MR) is 129 cm³/mol. The van der Waals surface area contributed by atoms with Gasteiger partial charge in [0.05, 0.1) is 30.0 Å². The molecule has 0 spiro atoms. The van der Waals surface area contributed by atoms with E-state index in [9.17, 15) is 0 Å². The quantitative estimate of drug-likeness (QED) is 0.462. The molecular formula is C28H32N4O. The van der Waals surface area contributed by atoms with Crippen LogP contribution in [0.4, 0.5) is 0 Å². The monoisotopic (exact) mass is 440 g/mol. The minimum absolute atomic E-state index is 0.0520. The second-order valence-corrected chi connectivity index (χ2v) is 9.57. The number of hydrogen-bond donors (Lipinski definition) is 0. The van der Waals surface area contributed by atoms with Gasteiger partial charge < -0.3 is 4.74 Å². The molecule has 0 radical (unpaired) electrons. The average Bonchev–Trinajstić information content (AvgIpc) is 3.30. The van der Waals surface area contributed by atoms with E-state index in [2.05, 4.69) is 71.2 Å². The molecule has 0 aliphatic carbocycles. The number of aromatic nitrogens is 2. The summed E-state index contributed by atoms with van der Waals surface area (Å²) in [7, 11) is 0. The molecule has 5 nitrogen and oxygen atoms in total. The molecule has 1 saturated heterocycles. The summed E-state index contributed by atoms with van der Waals surface area (Å²) in [5.41, 5.74) is 3.83. The van der Waals surface area contributed by atoms with Gasteiger partial charge in [-0.2, -0.15) is 5.26 Å². The molecular weight excluding hydrogens is 408 g/mol. The summed E-state index contributed by atoms with van der Waals surface area (Å²) in [6.45, 7) is 7.84. The molecule has 1 fully saturated rings. The van der Waals surface area contributed by atoms with Crippen LogP contribution in [0.5, 0.6) is 0 Å². The van der Waals surface area contributed by atoms with E-state index in [0.29, 0.717) is 18.8 Å². The first-order chi connectivity index (χ1) is 16.0. The van der Waals surface area contributed by atoms with E-state index in [0.717, 1.165) is 43.7 Å². The van der Waals surface area contributed by atoms with Crippen molar-refractivity contribution in [3.63, 3.8) is 0 Å². The van der Waals surface area contributed by atoms with Gasteiger partial charge in [-0.15, -0.1) is 0 Å². The lowest BCUT2D eigenvalue weighted by Crippen LogP contribution is -2.43. The number of nitriles is 1. The molecule has 0 saturated carbocycles. The molecule has 0 amide bonds. The Morgan fingerprint density at radius 1 is 1.06 bits per heavy atom. The second-order valence-electron chi connectivity index (χ2n) is 9.57. The van der Waals surface area contributed by atoms with Gasteiger partial charge in [0.15, 0.2) is 0 Å². The molecule has 1 aromatic carbocycles. The van der Waals surface area contributed by atoms with Crippen molar-refractivity contribution in [1.82, 2.24) is 14.9 Å². The van der Waals surface area contributed by atoms with Crippen LogP contribution in [0, 0.1) is 16.7 Å². The van der Waals surface area contributed by atoms with Crippen LogP contribution >= 0.6 is 0 Å². The van der Waals surface area contributed by atoms with Crippen molar-refractivity contribution in [3.05, 3.63) is 95.6 Å². The van der Waals surface area contributed by atoms with Crippen molar-refractivity contribution in [1.29, 1.82) is 5.26 Å². The number of nitrogens with zero attached hydrogens (tertiary/aromatic N) is 4. The van der Waals surface area contributed by atoms with Gasteiger partial charge in [0, 0.05) is 30.0 Å². The number of rotatable bonds is 9. The number of benzene rings is 1. The Balaban J connectivity index is 1.47. The highest BCUT2D eigenvalue weighted by atomic mass is 16.5. The van der Waals surface area contributed by atoms with Crippen molar-refractivity contribution in [2.45, 2.75) is 45.3 Å². The van der Waals surface area contributed by atoms with Crippen molar-refractivity contribution >= 4 is 0 Å². The van der Waals surface area contributed by atoms with Crippen molar-refractivity contribution in [3.8, 4) is 6.07 Å². The van der Waals surface area contributed by atoms with Gasteiger partial charge >= 0.3 is 0 Å². The maximum atomic E-state index is 9.05. The van der Waals surface area contributed by atoms with E-state index < -0.39 is 0 Å². The van der Waals surface area contributed by atoms with Crippen molar-refractivity contribution in [2.75, 3.05) is 19.7 Å². The van der Waals surface area contributed by atoms with Gasteiger partial charge in [0.25, 0.3) is 0 Å². The minimum Gasteiger partial charge on any atom is -0.376 e. The van der Waals surface area contributed by atoms with Crippen LogP contribution in [0.3, 0.4) is 0 Å². The molecule has 1 aliphatic heterocycles. The zero-order valence-electron chi connectivity index (χ0n) is 19.6. The Hall–Kier alpha value is -3.07. The molecule has 5 heteroatoms. The summed E-state index contributed by atoms with van der Waals surface area (Å²) in [4.78, 5) is 11.7. The fourth-order valence-electron chi connectivity index (χ4n) is 4.68. The Bertz CT molecular complexity index is 1060. The SMILES string of the molecule is CC(C)(c1ccccn1)N1CC[C@@](CCc2ccc(C#N)cn2)(COCc2ccccc2)C1. The van der Waals surface area contributed by atoms with E-state index in [1.807, 2.05) is 30.5 Å². The van der Waals surface area contributed by atoms with Gasteiger partial charge in [0.2, 0.25) is 0 Å². The van der Waals surface area contributed by atoms with E-state index in [-0.39, 0.29) is 11.0 Å². The third-order valence-electron chi connectivity index (χ3n) is 6.91. The average molecular weight is 441 g/mol. The molecule has 4 rings (SSSR count). The number of hydrogen-bond acceptors (Lipinski definition) is 5. The molecule has 3 heterocycles. The van der Waals surface area contributed by atoms with Gasteiger partial charge in [-0.1, -0.05) is 36.4 Å². The third-order valence-corrected chi connectivity index (χ3v) is 6.91. The molecule has 2 aromatic heterocycles. The van der Waals surface area contributed by atoms with Crippen LogP contribution in [0.25, 0.3) is 0 Å². The van der Waals surface area contributed by atoms with Crippen LogP contribution in [-0.2, 0) is 23.3 Å². The molecule has 3 aromatic rings. The summed E-state index contributed by atoms with van der Waals surface area (Å²) in [6, 6.07) is 22.5. The summed E-state index contributed by atoms with van der Waals surface area (Å²) >= 11 is 0. The molecule has 1 aliphatic rings. The molecule has 0 N–H and O–H groups in total. The highest BCUT2D eigenvalue weighted by Crippen LogP contribution is 2.41. The van der Waals surface area contributed by atoms with Gasteiger partial charge in [-0.25, -0.2) is 0 Å². The first kappa shape index (κ1) is 23.1. The summed E-state index contributed by atoms with van der Waals surface area (Å²) in [5.74, 6) is 0. The summed E-state index contributed by atoms with van der Waals surface area (Å²) in [5, 5.41) is 9.05. The Morgan fingerprint density at radius 2 is 1.88 bits per heavy atom. The van der Waals surface area contributed by atoms with E-state index in [1.54, 1.807) is 6.20 Å². The van der Waals surface area contributed by atoms with Crippen LogP contribution in [0.1, 0.15) is 49.2 Å². The fraction of sp³-hybridized carbons (Fsp3) is 0.393. The summed E-state index contributed by atoms with van der Waals surface area (Å²) < 4.78 is 6.29. The zero-order chi connectivity index (χ0) is 23.2. The lowest BCUT2D eigenvalue weighted by atomic mass is 9.82. The molecule has 33 heavy (non-hydrogen) atoms. The van der Waals surface area contributed by atoms with Crippen LogP contribution in [-0.4, -0.2) is 34.6 Å². The number of ether oxygens (including phenoxy) is 1. The second kappa shape index (κ2) is 10.2. The lowest BCUT2D eigenvalue weighted by molar-refractivity contribution is 0.0235. The van der Waals surface area contributed by atoms with Gasteiger partial charge in [-0.3, -0.25) is 14.9 Å². The number of pyridine rings is 2. The topological polar surface area (TPSA) is 62.0 Å². The number of aryl methyl sites for hydroxylation is 1. The Labute approximate surface area is 197 Å². The van der Waals surface area contributed by atoms with E-state index in [4.69, 9.17) is 10.00 Å². The molecule has 0 unspecified atom stereocenters. The number of likely N-dealkylation sites (tertiary alicyclic amines) is 1. The van der Waals surface area contributed by atoms with Crippen LogP contribution in [0.15, 0.2) is 73.1 Å². The van der Waals surface area contributed by atoms with Gasteiger partial charge in [0.1, 0.15) is 6.07 Å². The van der Waals surface area contributed by atoms with Crippen LogP contribution < -0.4 is 0 Å². The smallest absolute Gasteiger partial charge is 0.101 e. The molecule has 0 bridgehead atoms. The molecule has 170 valence electrons. The standard InChI is InChI=1S/C28H32N4O/c1-27(2,26-10-6-7-16-30-26)32-17-15-28(21-32,22-33-20-23-8-4-3-5-9-23)14-13-25-12-11-24(18-29)19-31-25/h3-12,16,19H,13-15,17,20-22H2,1-2H3/t28-/m1/s1. The zero-order valence-corrected chi connectivity index (χ0v) is 19.6. The van der Waals surface area contributed by atoms with E-state index in [1.165, 1.54) is 5.56 Å².